The van der Waals surface area contributed by atoms with Crippen molar-refractivity contribution in [1.29, 1.82) is 0 Å². The molecule has 0 saturated carbocycles. The molecule has 138 valence electrons. The number of aromatic amines is 1. The first-order chi connectivity index (χ1) is 12.2. The minimum atomic E-state index is 0.0534. The van der Waals surface area contributed by atoms with Crippen LogP contribution >= 0.6 is 0 Å². The van der Waals surface area contributed by atoms with Gasteiger partial charge in [-0.2, -0.15) is 0 Å². The Morgan fingerprint density at radius 1 is 1.08 bits per heavy atom. The van der Waals surface area contributed by atoms with Crippen LogP contribution in [0.15, 0.2) is 18.5 Å². The van der Waals surface area contributed by atoms with Gasteiger partial charge in [0.1, 0.15) is 0 Å². The number of carbonyl (C=O) groups is 2. The monoisotopic (exact) mass is 346 g/mol. The lowest BCUT2D eigenvalue weighted by Crippen LogP contribution is -2.47. The summed E-state index contributed by atoms with van der Waals surface area (Å²) in [6, 6.07) is 2.36. The second-order valence-electron chi connectivity index (χ2n) is 7.15. The number of likely N-dealkylation sites (tertiary alicyclic amines) is 1. The van der Waals surface area contributed by atoms with Crippen molar-refractivity contribution in [3.05, 3.63) is 24.0 Å². The molecule has 1 unspecified atom stereocenters. The molecule has 1 N–H and O–H groups in total. The highest BCUT2D eigenvalue weighted by Crippen LogP contribution is 2.19. The van der Waals surface area contributed by atoms with Gasteiger partial charge in [0.15, 0.2) is 0 Å². The average Bonchev–Trinajstić information content (AvgIpc) is 3.06. The number of rotatable bonds is 4. The summed E-state index contributed by atoms with van der Waals surface area (Å²) in [5, 5.41) is 0. The second-order valence-corrected chi connectivity index (χ2v) is 7.15. The van der Waals surface area contributed by atoms with Gasteiger partial charge in [-0.05, 0) is 38.3 Å². The molecule has 1 aromatic heterocycles. The van der Waals surface area contributed by atoms with E-state index in [4.69, 9.17) is 0 Å². The Morgan fingerprint density at radius 2 is 1.88 bits per heavy atom. The first-order valence-electron chi connectivity index (χ1n) is 9.63. The minimum Gasteiger partial charge on any atom is -0.367 e. The van der Waals surface area contributed by atoms with Crippen LogP contribution in [0.5, 0.6) is 0 Å². The van der Waals surface area contributed by atoms with Crippen molar-refractivity contribution < 1.29 is 9.59 Å². The molecule has 25 heavy (non-hydrogen) atoms. The van der Waals surface area contributed by atoms with Crippen LogP contribution in [0.1, 0.15) is 49.4 Å². The zero-order valence-electron chi connectivity index (χ0n) is 15.2. The molecular formula is C19H30N4O2. The lowest BCUT2D eigenvalue weighted by molar-refractivity contribution is -0.133. The van der Waals surface area contributed by atoms with Crippen LogP contribution in [-0.2, 0) is 4.79 Å². The fourth-order valence-electron chi connectivity index (χ4n) is 4.01. The van der Waals surface area contributed by atoms with E-state index >= 15 is 0 Å². The molecular weight excluding hydrogens is 316 g/mol. The van der Waals surface area contributed by atoms with E-state index in [1.807, 2.05) is 9.80 Å². The van der Waals surface area contributed by atoms with Crippen LogP contribution < -0.4 is 0 Å². The van der Waals surface area contributed by atoms with Crippen molar-refractivity contribution in [2.24, 2.45) is 0 Å². The van der Waals surface area contributed by atoms with Crippen LogP contribution in [0.4, 0.5) is 0 Å². The summed E-state index contributed by atoms with van der Waals surface area (Å²) in [7, 11) is 0. The van der Waals surface area contributed by atoms with Gasteiger partial charge in [0.05, 0.1) is 12.1 Å². The molecule has 2 aliphatic heterocycles. The Morgan fingerprint density at radius 3 is 2.64 bits per heavy atom. The topological polar surface area (TPSA) is 59.7 Å². The number of hydrogen-bond donors (Lipinski definition) is 1. The number of H-pyrrole nitrogens is 1. The van der Waals surface area contributed by atoms with Crippen molar-refractivity contribution in [2.75, 3.05) is 39.3 Å². The number of hydrogen-bond acceptors (Lipinski definition) is 3. The molecule has 0 spiro atoms. The third-order valence-corrected chi connectivity index (χ3v) is 5.54. The summed E-state index contributed by atoms with van der Waals surface area (Å²) in [5.41, 5.74) is 0.693. The summed E-state index contributed by atoms with van der Waals surface area (Å²) in [5.74, 6) is 0.272. The normalized spacial score (nSPS) is 22.7. The largest absolute Gasteiger partial charge is 0.367 e. The lowest BCUT2D eigenvalue weighted by atomic mass is 10.00. The van der Waals surface area contributed by atoms with E-state index in [9.17, 15) is 9.59 Å². The quantitative estimate of drug-likeness (QED) is 0.906. The molecule has 3 heterocycles. The van der Waals surface area contributed by atoms with Crippen molar-refractivity contribution in [3.8, 4) is 0 Å². The van der Waals surface area contributed by atoms with Gasteiger partial charge in [-0.25, -0.2) is 0 Å². The van der Waals surface area contributed by atoms with Gasteiger partial charge >= 0.3 is 0 Å². The molecule has 1 atom stereocenters. The van der Waals surface area contributed by atoms with E-state index < -0.39 is 0 Å². The van der Waals surface area contributed by atoms with Gasteiger partial charge < -0.3 is 14.8 Å². The van der Waals surface area contributed by atoms with E-state index in [0.717, 1.165) is 32.5 Å². The molecule has 3 rings (SSSR count). The number of aromatic nitrogens is 1. The van der Waals surface area contributed by atoms with E-state index in [1.165, 1.54) is 19.3 Å². The average molecular weight is 346 g/mol. The maximum Gasteiger partial charge on any atom is 0.255 e. The highest BCUT2D eigenvalue weighted by Gasteiger charge is 2.27. The molecule has 0 aromatic carbocycles. The summed E-state index contributed by atoms with van der Waals surface area (Å²) in [6.07, 6.45) is 9.15. The molecule has 2 amide bonds. The van der Waals surface area contributed by atoms with Crippen molar-refractivity contribution in [3.63, 3.8) is 0 Å². The predicted octanol–water partition coefficient (Wildman–Crippen LogP) is 1.95. The van der Waals surface area contributed by atoms with E-state index in [2.05, 4.69) is 16.8 Å². The molecule has 1 aromatic rings. The van der Waals surface area contributed by atoms with Gasteiger partial charge in [-0.15, -0.1) is 0 Å². The number of carbonyl (C=O) groups excluding carboxylic acids is 2. The maximum absolute atomic E-state index is 12.8. The van der Waals surface area contributed by atoms with E-state index in [0.29, 0.717) is 31.2 Å². The molecule has 2 saturated heterocycles. The molecule has 6 heteroatoms. The van der Waals surface area contributed by atoms with Gasteiger partial charge in [-0.1, -0.05) is 13.3 Å². The standard InChI is InChI=1S/C19H30N4O2/c1-2-17-6-3-4-9-23(17)15-18(24)21-10-5-11-22(13-12-21)19(25)16-7-8-20-14-16/h7-8,14,17,20H,2-6,9-13,15H2,1H3. The van der Waals surface area contributed by atoms with Crippen LogP contribution in [0.2, 0.25) is 0 Å². The molecule has 0 bridgehead atoms. The summed E-state index contributed by atoms with van der Waals surface area (Å²) in [6.45, 7) is 6.51. The number of nitrogens with one attached hydrogen (secondary N) is 1. The van der Waals surface area contributed by atoms with Crippen LogP contribution in [0.25, 0.3) is 0 Å². The molecule has 2 aliphatic rings. The fraction of sp³-hybridized carbons (Fsp3) is 0.684. The SMILES string of the molecule is CCC1CCCCN1CC(=O)N1CCCN(C(=O)c2cc[nH]c2)CC1. The molecule has 2 fully saturated rings. The number of amides is 2. The Labute approximate surface area is 150 Å². The number of piperidine rings is 1. The molecule has 0 aliphatic carbocycles. The maximum atomic E-state index is 12.8. The van der Waals surface area contributed by atoms with Crippen molar-refractivity contribution >= 4 is 11.8 Å². The van der Waals surface area contributed by atoms with Crippen LogP contribution in [-0.4, -0.2) is 76.8 Å². The zero-order valence-corrected chi connectivity index (χ0v) is 15.2. The second kappa shape index (κ2) is 8.52. The Kier molecular flexibility index (Phi) is 6.13. The van der Waals surface area contributed by atoms with E-state index in [-0.39, 0.29) is 11.8 Å². The zero-order chi connectivity index (χ0) is 17.6. The summed E-state index contributed by atoms with van der Waals surface area (Å²) >= 11 is 0. The Bertz CT molecular complexity index is 572. The van der Waals surface area contributed by atoms with Gasteiger partial charge in [0.2, 0.25) is 5.91 Å². The molecule has 6 nitrogen and oxygen atoms in total. The highest BCUT2D eigenvalue weighted by molar-refractivity contribution is 5.94. The van der Waals surface area contributed by atoms with Gasteiger partial charge in [0, 0.05) is 44.6 Å². The first-order valence-corrected chi connectivity index (χ1v) is 9.63. The van der Waals surface area contributed by atoms with Gasteiger partial charge in [0.25, 0.3) is 5.91 Å². The van der Waals surface area contributed by atoms with E-state index in [1.54, 1.807) is 18.5 Å². The Hall–Kier alpha value is -1.82. The van der Waals surface area contributed by atoms with Gasteiger partial charge in [-0.3, -0.25) is 14.5 Å². The van der Waals surface area contributed by atoms with Crippen molar-refractivity contribution in [2.45, 2.75) is 45.1 Å². The molecule has 0 radical (unpaired) electrons. The third-order valence-electron chi connectivity index (χ3n) is 5.54. The smallest absolute Gasteiger partial charge is 0.255 e. The lowest BCUT2D eigenvalue weighted by Gasteiger charge is -2.36. The summed E-state index contributed by atoms with van der Waals surface area (Å²) in [4.78, 5) is 34.4. The van der Waals surface area contributed by atoms with Crippen LogP contribution in [0.3, 0.4) is 0 Å². The highest BCUT2D eigenvalue weighted by atomic mass is 16.2. The summed E-state index contributed by atoms with van der Waals surface area (Å²) < 4.78 is 0. The van der Waals surface area contributed by atoms with Crippen molar-refractivity contribution in [1.82, 2.24) is 19.7 Å². The number of nitrogens with zero attached hydrogens (tertiary/aromatic N) is 3. The third kappa shape index (κ3) is 4.42. The van der Waals surface area contributed by atoms with Crippen LogP contribution in [0, 0.1) is 0 Å². The predicted molar refractivity (Wildman–Crippen MR) is 97.4 cm³/mol. The first kappa shape index (κ1) is 18.0. The Balaban J connectivity index is 1.53. The minimum absolute atomic E-state index is 0.0534. The fourth-order valence-corrected chi connectivity index (χ4v) is 4.01.